The summed E-state index contributed by atoms with van der Waals surface area (Å²) in [5.41, 5.74) is 0. The molecule has 0 saturated heterocycles. The summed E-state index contributed by atoms with van der Waals surface area (Å²) in [6.07, 6.45) is 9.11. The van der Waals surface area contributed by atoms with Crippen molar-refractivity contribution in [2.45, 2.75) is 0 Å². The Labute approximate surface area is 78.8 Å². The van der Waals surface area contributed by atoms with Gasteiger partial charge in [-0.2, -0.15) is 36.7 Å². The molecule has 0 aromatic carbocycles. The molecule has 0 aliphatic rings. The molecule has 3 heteroatoms. The Morgan fingerprint density at radius 2 is 1.27 bits per heavy atom. The molecule has 0 radical (unpaired) electrons. The van der Waals surface area contributed by atoms with Gasteiger partial charge < -0.3 is 9.97 Å². The molecule has 0 amide bonds. The van der Waals surface area contributed by atoms with Crippen LogP contribution in [0, 0.1) is 12.4 Å². The second-order valence-corrected chi connectivity index (χ2v) is 1.63. The van der Waals surface area contributed by atoms with Gasteiger partial charge in [-0.15, -0.1) is 12.4 Å². The van der Waals surface area contributed by atoms with Gasteiger partial charge in [0.25, 0.3) is 0 Å². The van der Waals surface area contributed by atoms with Crippen LogP contribution in [0.3, 0.4) is 0 Å². The largest absolute Gasteiger partial charge is 2.00 e. The third kappa shape index (κ3) is 5.62. The fraction of sp³-hybridized carbons (Fsp3) is 0. The van der Waals surface area contributed by atoms with Gasteiger partial charge in [0.1, 0.15) is 0 Å². The molecule has 0 spiro atoms. The van der Waals surface area contributed by atoms with Crippen molar-refractivity contribution in [2.75, 3.05) is 0 Å². The SMILES string of the molecule is [Ru+2].[c-]1ccc[nH]1.[c-]1ccc[nH]1. The standard InChI is InChI=1S/2C4H4N.Ru/c2*1-2-4-5-3-1;/h2*1-3,5H;/q2*-1;+2. The molecule has 2 N–H and O–H groups in total. The molecule has 0 unspecified atom stereocenters. The molecule has 58 valence electrons. The molecule has 2 aromatic heterocycles. The first kappa shape index (κ1) is 10.2. The van der Waals surface area contributed by atoms with Crippen LogP contribution in [-0.4, -0.2) is 9.97 Å². The van der Waals surface area contributed by atoms with E-state index in [1.54, 1.807) is 0 Å². The maximum absolute atomic E-state index is 2.74. The van der Waals surface area contributed by atoms with Crippen LogP contribution in [0.2, 0.25) is 0 Å². The number of rotatable bonds is 0. The minimum atomic E-state index is 0. The van der Waals surface area contributed by atoms with E-state index in [-0.39, 0.29) is 19.5 Å². The van der Waals surface area contributed by atoms with Crippen molar-refractivity contribution >= 4 is 0 Å². The first-order valence-electron chi connectivity index (χ1n) is 2.99. The van der Waals surface area contributed by atoms with E-state index < -0.39 is 0 Å². The summed E-state index contributed by atoms with van der Waals surface area (Å²) in [6, 6.07) is 7.42. The minimum absolute atomic E-state index is 0. The van der Waals surface area contributed by atoms with Crippen LogP contribution in [0.15, 0.2) is 36.7 Å². The molecule has 2 rings (SSSR count). The van der Waals surface area contributed by atoms with Gasteiger partial charge in [-0.1, -0.05) is 0 Å². The average Bonchev–Trinajstić information content (AvgIpc) is 2.67. The van der Waals surface area contributed by atoms with E-state index >= 15 is 0 Å². The minimum Gasteiger partial charge on any atom is -0.484 e. The van der Waals surface area contributed by atoms with E-state index in [9.17, 15) is 0 Å². The van der Waals surface area contributed by atoms with Crippen LogP contribution in [-0.2, 0) is 19.5 Å². The Hall–Kier alpha value is -0.817. The summed E-state index contributed by atoms with van der Waals surface area (Å²) >= 11 is 0. The van der Waals surface area contributed by atoms with Crippen LogP contribution < -0.4 is 0 Å². The van der Waals surface area contributed by atoms with Crippen LogP contribution in [0.1, 0.15) is 0 Å². The predicted molar refractivity (Wildman–Crippen MR) is 39.3 cm³/mol. The van der Waals surface area contributed by atoms with Crippen LogP contribution in [0.25, 0.3) is 0 Å². The first-order chi connectivity index (χ1) is 5.00. The zero-order valence-corrected chi connectivity index (χ0v) is 7.56. The molecule has 0 fully saturated rings. The molecule has 2 aromatic rings. The Morgan fingerprint density at radius 3 is 1.36 bits per heavy atom. The Kier molecular flexibility index (Phi) is 6.75. The van der Waals surface area contributed by atoms with Crippen LogP contribution in [0.4, 0.5) is 0 Å². The summed E-state index contributed by atoms with van der Waals surface area (Å²) in [5.74, 6) is 0. The molecular formula is C8H8N2Ru. The Bertz CT molecular complexity index is 151. The van der Waals surface area contributed by atoms with Crippen molar-refractivity contribution in [2.24, 2.45) is 0 Å². The maximum atomic E-state index is 2.74. The van der Waals surface area contributed by atoms with Gasteiger partial charge in [0, 0.05) is 0 Å². The summed E-state index contributed by atoms with van der Waals surface area (Å²) in [7, 11) is 0. The van der Waals surface area contributed by atoms with Crippen molar-refractivity contribution < 1.29 is 19.5 Å². The number of aromatic amines is 2. The van der Waals surface area contributed by atoms with Gasteiger partial charge in [-0.25, -0.2) is 0 Å². The van der Waals surface area contributed by atoms with E-state index in [4.69, 9.17) is 0 Å². The molecule has 2 heterocycles. The maximum Gasteiger partial charge on any atom is 2.00 e. The zero-order valence-electron chi connectivity index (χ0n) is 5.82. The van der Waals surface area contributed by atoms with Crippen molar-refractivity contribution in [1.82, 2.24) is 9.97 Å². The molecule has 0 aliphatic carbocycles. The number of hydrogen-bond donors (Lipinski definition) is 2. The number of nitrogens with one attached hydrogen (secondary N) is 2. The first-order valence-corrected chi connectivity index (χ1v) is 2.99. The van der Waals surface area contributed by atoms with Gasteiger partial charge in [-0.05, 0) is 0 Å². The van der Waals surface area contributed by atoms with Gasteiger partial charge in [0.2, 0.25) is 0 Å². The van der Waals surface area contributed by atoms with E-state index in [0.717, 1.165) is 0 Å². The number of aromatic nitrogens is 2. The van der Waals surface area contributed by atoms with Crippen molar-refractivity contribution in [1.29, 1.82) is 0 Å². The second-order valence-electron chi connectivity index (χ2n) is 1.63. The quantitative estimate of drug-likeness (QED) is 0.512. The molecule has 0 saturated carbocycles. The average molecular weight is 233 g/mol. The van der Waals surface area contributed by atoms with Crippen molar-refractivity contribution in [3.63, 3.8) is 0 Å². The summed E-state index contributed by atoms with van der Waals surface area (Å²) < 4.78 is 0. The summed E-state index contributed by atoms with van der Waals surface area (Å²) in [6.45, 7) is 0. The van der Waals surface area contributed by atoms with Gasteiger partial charge in [-0.3, -0.25) is 0 Å². The molecule has 0 aliphatic heterocycles. The molecular weight excluding hydrogens is 225 g/mol. The van der Waals surface area contributed by atoms with Crippen molar-refractivity contribution in [3.8, 4) is 0 Å². The van der Waals surface area contributed by atoms with Gasteiger partial charge in [0.15, 0.2) is 0 Å². The van der Waals surface area contributed by atoms with E-state index in [1.807, 2.05) is 36.7 Å². The number of hydrogen-bond acceptors (Lipinski definition) is 0. The van der Waals surface area contributed by atoms with E-state index in [0.29, 0.717) is 0 Å². The molecule has 2 nitrogen and oxygen atoms in total. The third-order valence-electron chi connectivity index (χ3n) is 0.885. The van der Waals surface area contributed by atoms with Gasteiger partial charge >= 0.3 is 19.5 Å². The van der Waals surface area contributed by atoms with E-state index in [1.165, 1.54) is 0 Å². The summed E-state index contributed by atoms with van der Waals surface area (Å²) in [5, 5.41) is 0. The van der Waals surface area contributed by atoms with E-state index in [2.05, 4.69) is 22.4 Å². The monoisotopic (exact) mass is 234 g/mol. The Morgan fingerprint density at radius 1 is 0.818 bits per heavy atom. The second kappa shape index (κ2) is 7.29. The topological polar surface area (TPSA) is 31.6 Å². The molecule has 11 heavy (non-hydrogen) atoms. The zero-order chi connectivity index (χ0) is 7.07. The predicted octanol–water partition coefficient (Wildman–Crippen LogP) is 1.63. The Balaban J connectivity index is 0.000000167. The van der Waals surface area contributed by atoms with Crippen LogP contribution >= 0.6 is 0 Å². The molecule has 0 atom stereocenters. The van der Waals surface area contributed by atoms with Crippen LogP contribution in [0.5, 0.6) is 0 Å². The normalized spacial score (nSPS) is 7.27. The smallest absolute Gasteiger partial charge is 0.484 e. The number of H-pyrrole nitrogens is 2. The fourth-order valence-corrected chi connectivity index (χ4v) is 0.481. The summed E-state index contributed by atoms with van der Waals surface area (Å²) in [4.78, 5) is 5.47. The molecule has 0 bridgehead atoms. The van der Waals surface area contributed by atoms with Gasteiger partial charge in [0.05, 0.1) is 0 Å². The fourth-order valence-electron chi connectivity index (χ4n) is 0.481. The third-order valence-corrected chi connectivity index (χ3v) is 0.885. The van der Waals surface area contributed by atoms with Crippen molar-refractivity contribution in [3.05, 3.63) is 49.1 Å².